The summed E-state index contributed by atoms with van der Waals surface area (Å²) in [6.45, 7) is -0.104. The summed E-state index contributed by atoms with van der Waals surface area (Å²) in [5.74, 6) is -0.231. The highest BCUT2D eigenvalue weighted by Crippen LogP contribution is 2.18. The molecule has 2 rings (SSSR count). The van der Waals surface area contributed by atoms with Crippen molar-refractivity contribution >= 4 is 21.4 Å². The van der Waals surface area contributed by atoms with Crippen molar-refractivity contribution in [1.82, 2.24) is 14.7 Å². The van der Waals surface area contributed by atoms with Gasteiger partial charge in [0.15, 0.2) is 9.84 Å². The van der Waals surface area contributed by atoms with E-state index in [1.165, 1.54) is 22.0 Å². The van der Waals surface area contributed by atoms with Crippen molar-refractivity contribution in [3.05, 3.63) is 12.4 Å². The van der Waals surface area contributed by atoms with Gasteiger partial charge in [-0.2, -0.15) is 5.10 Å². The summed E-state index contributed by atoms with van der Waals surface area (Å²) in [5, 5.41) is 13.0. The molecule has 1 aliphatic heterocycles. The van der Waals surface area contributed by atoms with Gasteiger partial charge in [0, 0.05) is 18.8 Å². The van der Waals surface area contributed by atoms with Crippen molar-refractivity contribution < 1.29 is 18.3 Å². The van der Waals surface area contributed by atoms with E-state index in [1.54, 1.807) is 0 Å². The summed E-state index contributed by atoms with van der Waals surface area (Å²) in [6, 6.07) is -0.368. The lowest BCUT2D eigenvalue weighted by molar-refractivity contribution is -0.134. The predicted octanol–water partition coefficient (Wildman–Crippen LogP) is -1.53. The van der Waals surface area contributed by atoms with E-state index in [-0.39, 0.29) is 43.2 Å². The van der Waals surface area contributed by atoms with Crippen LogP contribution in [-0.2, 0) is 21.2 Å². The van der Waals surface area contributed by atoms with Crippen LogP contribution in [0, 0.1) is 0 Å². The summed E-state index contributed by atoms with van der Waals surface area (Å²) >= 11 is 0. The van der Waals surface area contributed by atoms with E-state index in [0.717, 1.165) is 0 Å². The molecule has 1 aliphatic rings. The number of hydrogen-bond acceptors (Lipinski definition) is 6. The van der Waals surface area contributed by atoms with Gasteiger partial charge in [-0.3, -0.25) is 9.48 Å². The van der Waals surface area contributed by atoms with E-state index < -0.39 is 9.84 Å². The maximum absolute atomic E-state index is 12.2. The Morgan fingerprint density at radius 2 is 2.35 bits per heavy atom. The summed E-state index contributed by atoms with van der Waals surface area (Å²) in [6.07, 6.45) is 3.37. The number of aromatic nitrogens is 2. The van der Waals surface area contributed by atoms with Gasteiger partial charge in [-0.05, 0) is 6.42 Å². The third-order valence-corrected chi connectivity index (χ3v) is 5.01. The van der Waals surface area contributed by atoms with Crippen LogP contribution in [0.4, 0.5) is 5.69 Å². The van der Waals surface area contributed by atoms with Crippen LogP contribution in [0.2, 0.25) is 0 Å². The van der Waals surface area contributed by atoms with E-state index in [1.807, 2.05) is 0 Å². The van der Waals surface area contributed by atoms with Crippen LogP contribution >= 0.6 is 0 Å². The first kappa shape index (κ1) is 14.8. The largest absolute Gasteiger partial charge is 0.396 e. The maximum atomic E-state index is 12.2. The minimum absolute atomic E-state index is 0.0201. The van der Waals surface area contributed by atoms with Crippen molar-refractivity contribution in [2.24, 2.45) is 0 Å². The molecule has 3 N–H and O–H groups in total. The lowest BCUT2D eigenvalue weighted by Gasteiger charge is -2.27. The number of rotatable bonds is 5. The molecule has 9 heteroatoms. The van der Waals surface area contributed by atoms with Gasteiger partial charge in [0.05, 0.1) is 30.0 Å². The van der Waals surface area contributed by atoms with Gasteiger partial charge in [-0.15, -0.1) is 0 Å². The Balaban J connectivity index is 2.06. The van der Waals surface area contributed by atoms with Crippen molar-refractivity contribution in [3.8, 4) is 0 Å². The molecular formula is C11H18N4O4S. The lowest BCUT2D eigenvalue weighted by atomic mass is 10.2. The highest BCUT2D eigenvalue weighted by Gasteiger charge is 2.34. The highest BCUT2D eigenvalue weighted by atomic mass is 32.2. The van der Waals surface area contributed by atoms with Gasteiger partial charge >= 0.3 is 0 Å². The smallest absolute Gasteiger partial charge is 0.244 e. The standard InChI is InChI=1S/C11H18N4O4S/c12-9-5-13-14(6-9)7-11(17)15(2-3-16)10-1-4-20(18,19)8-10/h5-6,10,16H,1-4,7-8,12H2. The van der Waals surface area contributed by atoms with Crippen LogP contribution in [0.1, 0.15) is 6.42 Å². The molecule has 0 aliphatic carbocycles. The number of nitrogen functional groups attached to an aromatic ring is 1. The van der Waals surface area contributed by atoms with Crippen molar-refractivity contribution in [2.45, 2.75) is 19.0 Å². The van der Waals surface area contributed by atoms with E-state index in [0.29, 0.717) is 12.1 Å². The fourth-order valence-electron chi connectivity index (χ4n) is 2.34. The first-order valence-corrected chi connectivity index (χ1v) is 8.12. The molecule has 1 aromatic rings. The normalized spacial score (nSPS) is 20.9. The molecule has 0 saturated carbocycles. The molecule has 0 aromatic carbocycles. The van der Waals surface area contributed by atoms with E-state index >= 15 is 0 Å². The predicted molar refractivity (Wildman–Crippen MR) is 72.5 cm³/mol. The molecule has 1 atom stereocenters. The van der Waals surface area contributed by atoms with Gasteiger partial charge in [0.25, 0.3) is 0 Å². The first-order valence-electron chi connectivity index (χ1n) is 6.30. The van der Waals surface area contributed by atoms with E-state index in [2.05, 4.69) is 5.10 Å². The van der Waals surface area contributed by atoms with E-state index in [4.69, 9.17) is 10.8 Å². The Morgan fingerprint density at radius 1 is 1.60 bits per heavy atom. The summed E-state index contributed by atoms with van der Waals surface area (Å²) < 4.78 is 24.4. The molecule has 1 saturated heterocycles. The Labute approximate surface area is 117 Å². The molecule has 8 nitrogen and oxygen atoms in total. The highest BCUT2D eigenvalue weighted by molar-refractivity contribution is 7.91. The number of aliphatic hydroxyl groups excluding tert-OH is 1. The second-order valence-electron chi connectivity index (χ2n) is 4.84. The monoisotopic (exact) mass is 302 g/mol. The Morgan fingerprint density at radius 3 is 2.85 bits per heavy atom. The van der Waals surface area contributed by atoms with Gasteiger partial charge in [-0.25, -0.2) is 8.42 Å². The quantitative estimate of drug-likeness (QED) is 0.681. The lowest BCUT2D eigenvalue weighted by Crippen LogP contribution is -2.44. The van der Waals surface area contributed by atoms with Gasteiger partial charge in [0.2, 0.25) is 5.91 Å². The number of amides is 1. The van der Waals surface area contributed by atoms with Crippen LogP contribution in [0.5, 0.6) is 0 Å². The number of sulfone groups is 1. The molecule has 1 amide bonds. The van der Waals surface area contributed by atoms with Crippen molar-refractivity contribution in [1.29, 1.82) is 0 Å². The maximum Gasteiger partial charge on any atom is 0.244 e. The Hall–Kier alpha value is -1.61. The number of carbonyl (C=O) groups excluding carboxylic acids is 1. The average Bonchev–Trinajstić information content (AvgIpc) is 2.92. The second kappa shape index (κ2) is 5.80. The zero-order valence-electron chi connectivity index (χ0n) is 11.0. The van der Waals surface area contributed by atoms with Crippen molar-refractivity contribution in [3.63, 3.8) is 0 Å². The van der Waals surface area contributed by atoms with Crippen molar-refractivity contribution in [2.75, 3.05) is 30.4 Å². The van der Waals surface area contributed by atoms with Crippen LogP contribution < -0.4 is 5.73 Å². The third kappa shape index (κ3) is 3.48. The summed E-state index contributed by atoms with van der Waals surface area (Å²) in [7, 11) is -3.08. The fourth-order valence-corrected chi connectivity index (χ4v) is 4.07. The van der Waals surface area contributed by atoms with E-state index in [9.17, 15) is 13.2 Å². The molecule has 1 aromatic heterocycles. The number of carbonyl (C=O) groups is 1. The number of aliphatic hydroxyl groups is 1. The Bertz CT molecular complexity index is 583. The molecule has 1 fully saturated rings. The SMILES string of the molecule is Nc1cnn(CC(=O)N(CCO)C2CCS(=O)(=O)C2)c1. The molecule has 112 valence electrons. The first-order chi connectivity index (χ1) is 9.41. The zero-order valence-corrected chi connectivity index (χ0v) is 11.8. The summed E-state index contributed by atoms with van der Waals surface area (Å²) in [4.78, 5) is 13.6. The van der Waals surface area contributed by atoms with Gasteiger partial charge in [-0.1, -0.05) is 0 Å². The molecule has 0 bridgehead atoms. The second-order valence-corrected chi connectivity index (χ2v) is 7.07. The molecule has 0 spiro atoms. The van der Waals surface area contributed by atoms with Crippen LogP contribution in [-0.4, -0.2) is 64.8 Å². The molecule has 0 radical (unpaired) electrons. The number of nitrogens with zero attached hydrogens (tertiary/aromatic N) is 3. The fraction of sp³-hybridized carbons (Fsp3) is 0.636. The van der Waals surface area contributed by atoms with Gasteiger partial charge in [0.1, 0.15) is 6.54 Å². The molecule has 20 heavy (non-hydrogen) atoms. The minimum Gasteiger partial charge on any atom is -0.396 e. The number of hydrogen-bond donors (Lipinski definition) is 2. The molecule has 1 unspecified atom stereocenters. The zero-order chi connectivity index (χ0) is 14.8. The Kier molecular flexibility index (Phi) is 4.29. The summed E-state index contributed by atoms with van der Waals surface area (Å²) in [5.41, 5.74) is 5.97. The average molecular weight is 302 g/mol. The van der Waals surface area contributed by atoms with Crippen LogP contribution in [0.15, 0.2) is 12.4 Å². The topological polar surface area (TPSA) is 119 Å². The number of anilines is 1. The van der Waals surface area contributed by atoms with Crippen LogP contribution in [0.3, 0.4) is 0 Å². The van der Waals surface area contributed by atoms with Crippen LogP contribution in [0.25, 0.3) is 0 Å². The minimum atomic E-state index is -3.08. The third-order valence-electron chi connectivity index (χ3n) is 3.26. The van der Waals surface area contributed by atoms with Gasteiger partial charge < -0.3 is 15.7 Å². The molecule has 2 heterocycles. The number of nitrogens with two attached hydrogens (primary N) is 1. The molecular weight excluding hydrogens is 284 g/mol.